The lowest BCUT2D eigenvalue weighted by Crippen LogP contribution is -2.15. The molecule has 0 aromatic heterocycles. The minimum absolute atomic E-state index is 0.321. The summed E-state index contributed by atoms with van der Waals surface area (Å²) in [6.45, 7) is 0. The van der Waals surface area contributed by atoms with Crippen LogP contribution < -0.4 is 15.8 Å². The van der Waals surface area contributed by atoms with E-state index >= 15 is 0 Å². The average molecular weight is 411 g/mol. The van der Waals surface area contributed by atoms with Gasteiger partial charge in [0.25, 0.3) is 5.91 Å². The second kappa shape index (κ2) is 7.84. The van der Waals surface area contributed by atoms with Gasteiger partial charge >= 0.3 is 0 Å². The Labute approximate surface area is 158 Å². The van der Waals surface area contributed by atoms with Crippen LogP contribution in [0.5, 0.6) is 11.5 Å². The topological polar surface area (TPSA) is 81.4 Å². The number of rotatable bonds is 5. The van der Waals surface area contributed by atoms with E-state index in [4.69, 9.17) is 10.5 Å². The molecule has 3 aromatic carbocycles. The predicted molar refractivity (Wildman–Crippen MR) is 104 cm³/mol. The van der Waals surface area contributed by atoms with Crippen LogP contribution in [-0.4, -0.2) is 11.8 Å². The van der Waals surface area contributed by atoms with Gasteiger partial charge in [-0.1, -0.05) is 34.1 Å². The number of benzene rings is 3. The zero-order chi connectivity index (χ0) is 18.5. The summed E-state index contributed by atoms with van der Waals surface area (Å²) < 4.78 is 6.76. The molecule has 0 radical (unpaired) electrons. The quantitative estimate of drug-likeness (QED) is 0.644. The molecule has 0 unspecified atom stereocenters. The number of hydrogen-bond acceptors (Lipinski definition) is 3. The van der Waals surface area contributed by atoms with Crippen LogP contribution in [0.1, 0.15) is 20.7 Å². The third-order valence-electron chi connectivity index (χ3n) is 3.58. The summed E-state index contributed by atoms with van der Waals surface area (Å²) in [5, 5.41) is 2.75. The highest BCUT2D eigenvalue weighted by atomic mass is 79.9. The average Bonchev–Trinajstić information content (AvgIpc) is 2.64. The predicted octanol–water partition coefficient (Wildman–Crippen LogP) is 4.59. The molecule has 0 aliphatic carbocycles. The lowest BCUT2D eigenvalue weighted by atomic mass is 10.1. The van der Waals surface area contributed by atoms with E-state index in [9.17, 15) is 9.59 Å². The molecule has 130 valence electrons. The molecule has 6 heteroatoms. The summed E-state index contributed by atoms with van der Waals surface area (Å²) in [4.78, 5) is 23.9. The van der Waals surface area contributed by atoms with Crippen molar-refractivity contribution in [3.63, 3.8) is 0 Å². The van der Waals surface area contributed by atoms with E-state index in [1.807, 2.05) is 12.1 Å². The molecule has 0 spiro atoms. The number of amides is 2. The van der Waals surface area contributed by atoms with E-state index < -0.39 is 5.91 Å². The van der Waals surface area contributed by atoms with Gasteiger partial charge in [-0.05, 0) is 54.6 Å². The van der Waals surface area contributed by atoms with Crippen molar-refractivity contribution in [2.45, 2.75) is 0 Å². The first kappa shape index (κ1) is 17.7. The molecule has 26 heavy (non-hydrogen) atoms. The van der Waals surface area contributed by atoms with Gasteiger partial charge in [-0.15, -0.1) is 0 Å². The van der Waals surface area contributed by atoms with E-state index in [1.54, 1.807) is 54.6 Å². The van der Waals surface area contributed by atoms with Gasteiger partial charge in [0.2, 0.25) is 5.91 Å². The number of hydrogen-bond donors (Lipinski definition) is 2. The Morgan fingerprint density at radius 1 is 0.923 bits per heavy atom. The van der Waals surface area contributed by atoms with Crippen LogP contribution in [0.4, 0.5) is 5.69 Å². The van der Waals surface area contributed by atoms with Crippen LogP contribution >= 0.6 is 15.9 Å². The third kappa shape index (κ3) is 4.29. The molecule has 0 bridgehead atoms. The summed E-state index contributed by atoms with van der Waals surface area (Å²) in [5.41, 5.74) is 6.44. The summed E-state index contributed by atoms with van der Waals surface area (Å²) in [6, 6.07) is 20.7. The van der Waals surface area contributed by atoms with Crippen LogP contribution in [-0.2, 0) is 0 Å². The number of halogens is 1. The van der Waals surface area contributed by atoms with E-state index in [1.165, 1.54) is 6.07 Å². The number of nitrogens with two attached hydrogens (primary N) is 1. The maximum atomic E-state index is 12.6. The van der Waals surface area contributed by atoms with Crippen molar-refractivity contribution in [2.75, 3.05) is 5.32 Å². The van der Waals surface area contributed by atoms with E-state index in [0.29, 0.717) is 28.3 Å². The first-order chi connectivity index (χ1) is 12.5. The molecule has 3 rings (SSSR count). The summed E-state index contributed by atoms with van der Waals surface area (Å²) in [5.74, 6) is 0.141. The van der Waals surface area contributed by atoms with E-state index in [0.717, 1.165) is 4.47 Å². The molecular formula is C20H15BrN2O3. The standard InChI is InChI=1S/C20H15BrN2O3/c21-14-8-10-16(11-9-14)26-18-7-2-1-6-17(18)20(25)23-15-5-3-4-13(12-15)19(22)24/h1-12H,(H2,22,24)(H,23,25). The van der Waals surface area contributed by atoms with Crippen LogP contribution in [0, 0.1) is 0 Å². The van der Waals surface area contributed by atoms with E-state index in [2.05, 4.69) is 21.2 Å². The highest BCUT2D eigenvalue weighted by Gasteiger charge is 2.14. The van der Waals surface area contributed by atoms with Crippen molar-refractivity contribution in [3.8, 4) is 11.5 Å². The number of anilines is 1. The molecule has 0 aliphatic heterocycles. The van der Waals surface area contributed by atoms with Crippen molar-refractivity contribution in [1.82, 2.24) is 0 Å². The molecule has 0 fully saturated rings. The Morgan fingerprint density at radius 2 is 1.65 bits per heavy atom. The Bertz CT molecular complexity index is 955. The molecule has 0 saturated heterocycles. The van der Waals surface area contributed by atoms with Crippen molar-refractivity contribution in [3.05, 3.63) is 88.4 Å². The van der Waals surface area contributed by atoms with E-state index in [-0.39, 0.29) is 5.91 Å². The smallest absolute Gasteiger partial charge is 0.259 e. The third-order valence-corrected chi connectivity index (χ3v) is 4.11. The molecule has 2 amide bonds. The maximum Gasteiger partial charge on any atom is 0.259 e. The number of para-hydroxylation sites is 1. The van der Waals surface area contributed by atoms with Crippen LogP contribution in [0.2, 0.25) is 0 Å². The normalized spacial score (nSPS) is 10.2. The lowest BCUT2D eigenvalue weighted by Gasteiger charge is -2.12. The van der Waals surface area contributed by atoms with Gasteiger partial charge in [-0.2, -0.15) is 0 Å². The Morgan fingerprint density at radius 3 is 2.38 bits per heavy atom. The van der Waals surface area contributed by atoms with Gasteiger partial charge in [0.15, 0.2) is 0 Å². The Kier molecular flexibility index (Phi) is 5.34. The minimum atomic E-state index is -0.555. The largest absolute Gasteiger partial charge is 0.457 e. The zero-order valence-corrected chi connectivity index (χ0v) is 15.2. The molecular weight excluding hydrogens is 396 g/mol. The van der Waals surface area contributed by atoms with Gasteiger partial charge in [-0.25, -0.2) is 0 Å². The molecule has 0 atom stereocenters. The number of primary amides is 1. The van der Waals surface area contributed by atoms with Gasteiger partial charge in [0.1, 0.15) is 11.5 Å². The fourth-order valence-corrected chi connectivity index (χ4v) is 2.59. The first-order valence-electron chi connectivity index (χ1n) is 7.76. The second-order valence-corrected chi connectivity index (χ2v) is 6.37. The SMILES string of the molecule is NC(=O)c1cccc(NC(=O)c2ccccc2Oc2ccc(Br)cc2)c1. The van der Waals surface area contributed by atoms with Crippen molar-refractivity contribution >= 4 is 33.4 Å². The number of carbonyl (C=O) groups excluding carboxylic acids is 2. The molecule has 0 aliphatic rings. The van der Waals surface area contributed by atoms with Gasteiger partial charge < -0.3 is 15.8 Å². The second-order valence-electron chi connectivity index (χ2n) is 5.45. The maximum absolute atomic E-state index is 12.6. The van der Waals surface area contributed by atoms with Gasteiger partial charge in [0, 0.05) is 15.7 Å². The Hall–Kier alpha value is -3.12. The van der Waals surface area contributed by atoms with Gasteiger partial charge in [0.05, 0.1) is 5.56 Å². The van der Waals surface area contributed by atoms with Crippen molar-refractivity contribution in [2.24, 2.45) is 5.73 Å². The van der Waals surface area contributed by atoms with Crippen LogP contribution in [0.25, 0.3) is 0 Å². The van der Waals surface area contributed by atoms with Crippen LogP contribution in [0.15, 0.2) is 77.3 Å². The molecule has 3 aromatic rings. The fourth-order valence-electron chi connectivity index (χ4n) is 2.32. The number of carbonyl (C=O) groups is 2. The number of nitrogens with one attached hydrogen (secondary N) is 1. The summed E-state index contributed by atoms with van der Waals surface area (Å²) in [6.07, 6.45) is 0. The van der Waals surface area contributed by atoms with Gasteiger partial charge in [-0.3, -0.25) is 9.59 Å². The van der Waals surface area contributed by atoms with Crippen LogP contribution in [0.3, 0.4) is 0 Å². The van der Waals surface area contributed by atoms with Crippen molar-refractivity contribution in [1.29, 1.82) is 0 Å². The molecule has 3 N–H and O–H groups in total. The summed E-state index contributed by atoms with van der Waals surface area (Å²) >= 11 is 3.37. The highest BCUT2D eigenvalue weighted by molar-refractivity contribution is 9.10. The zero-order valence-electron chi connectivity index (χ0n) is 13.6. The molecule has 0 heterocycles. The minimum Gasteiger partial charge on any atom is -0.457 e. The monoisotopic (exact) mass is 410 g/mol. The Balaban J connectivity index is 1.82. The summed E-state index contributed by atoms with van der Waals surface area (Å²) in [7, 11) is 0. The van der Waals surface area contributed by atoms with Crippen molar-refractivity contribution < 1.29 is 14.3 Å². The highest BCUT2D eigenvalue weighted by Crippen LogP contribution is 2.27. The lowest BCUT2D eigenvalue weighted by molar-refractivity contribution is 0.0995. The molecule has 5 nitrogen and oxygen atoms in total. The first-order valence-corrected chi connectivity index (χ1v) is 8.56. The molecule has 0 saturated carbocycles. The fraction of sp³-hybridized carbons (Fsp3) is 0. The number of ether oxygens (including phenoxy) is 1.